The summed E-state index contributed by atoms with van der Waals surface area (Å²) in [5, 5.41) is 5.26. The van der Waals surface area contributed by atoms with Gasteiger partial charge in [0.1, 0.15) is 0 Å². The third kappa shape index (κ3) is 3.76. The van der Waals surface area contributed by atoms with Crippen molar-refractivity contribution in [1.29, 1.82) is 0 Å². The Bertz CT molecular complexity index is 546. The Morgan fingerprint density at radius 1 is 1.25 bits per heavy atom. The molecule has 1 atom stereocenters. The van der Waals surface area contributed by atoms with Gasteiger partial charge in [0.2, 0.25) is 10.0 Å². The van der Waals surface area contributed by atoms with Crippen molar-refractivity contribution in [2.75, 3.05) is 11.5 Å². The Morgan fingerprint density at radius 3 is 2.80 bits per heavy atom. The van der Waals surface area contributed by atoms with Gasteiger partial charge in [-0.2, -0.15) is 11.8 Å². The van der Waals surface area contributed by atoms with Gasteiger partial charge < -0.3 is 5.32 Å². The van der Waals surface area contributed by atoms with Crippen LogP contribution in [0.5, 0.6) is 0 Å². The SMILES string of the molecule is O=S(=O)(NC1CCCSC1)c1ccsc1CNC1CC1. The summed E-state index contributed by atoms with van der Waals surface area (Å²) in [6, 6.07) is 2.41. The first-order valence-corrected chi connectivity index (χ1v) is 10.6. The Labute approximate surface area is 128 Å². The van der Waals surface area contributed by atoms with Crippen LogP contribution in [-0.4, -0.2) is 32.0 Å². The molecule has 4 nitrogen and oxygen atoms in total. The zero-order valence-corrected chi connectivity index (χ0v) is 13.7. The molecule has 112 valence electrons. The monoisotopic (exact) mass is 332 g/mol. The number of rotatable bonds is 6. The van der Waals surface area contributed by atoms with E-state index in [2.05, 4.69) is 10.0 Å². The molecule has 0 spiro atoms. The third-order valence-electron chi connectivity index (χ3n) is 3.60. The van der Waals surface area contributed by atoms with E-state index in [1.807, 2.05) is 17.1 Å². The number of thiophene rings is 1. The molecular formula is C13H20N2O2S3. The van der Waals surface area contributed by atoms with Crippen LogP contribution in [-0.2, 0) is 16.6 Å². The van der Waals surface area contributed by atoms with Crippen molar-refractivity contribution < 1.29 is 8.42 Å². The molecule has 1 aliphatic heterocycles. The van der Waals surface area contributed by atoms with E-state index in [4.69, 9.17) is 0 Å². The van der Waals surface area contributed by atoms with Gasteiger partial charge in [-0.25, -0.2) is 13.1 Å². The summed E-state index contributed by atoms with van der Waals surface area (Å²) in [4.78, 5) is 1.39. The highest BCUT2D eigenvalue weighted by Crippen LogP contribution is 2.26. The average molecular weight is 333 g/mol. The van der Waals surface area contributed by atoms with Crippen molar-refractivity contribution >= 4 is 33.1 Å². The van der Waals surface area contributed by atoms with Crippen LogP contribution < -0.4 is 10.0 Å². The van der Waals surface area contributed by atoms with Gasteiger partial charge in [-0.05, 0) is 42.9 Å². The summed E-state index contributed by atoms with van der Waals surface area (Å²) < 4.78 is 27.9. The van der Waals surface area contributed by atoms with Gasteiger partial charge in [0.05, 0.1) is 4.90 Å². The molecule has 0 radical (unpaired) electrons. The lowest BCUT2D eigenvalue weighted by molar-refractivity contribution is 0.542. The quantitative estimate of drug-likeness (QED) is 0.838. The lowest BCUT2D eigenvalue weighted by Crippen LogP contribution is -2.38. The first kappa shape index (κ1) is 14.8. The van der Waals surface area contributed by atoms with E-state index in [-0.39, 0.29) is 6.04 Å². The Kier molecular flexibility index (Phi) is 4.72. The normalized spacial score (nSPS) is 23.9. The number of nitrogens with one attached hydrogen (secondary N) is 2. The van der Waals surface area contributed by atoms with E-state index >= 15 is 0 Å². The van der Waals surface area contributed by atoms with Crippen molar-refractivity contribution in [2.45, 2.75) is 49.2 Å². The lowest BCUT2D eigenvalue weighted by Gasteiger charge is -2.22. The van der Waals surface area contributed by atoms with Gasteiger partial charge in [-0.15, -0.1) is 11.3 Å². The molecule has 0 bridgehead atoms. The van der Waals surface area contributed by atoms with Crippen molar-refractivity contribution in [3.8, 4) is 0 Å². The van der Waals surface area contributed by atoms with Gasteiger partial charge in [-0.3, -0.25) is 0 Å². The van der Waals surface area contributed by atoms with Crippen molar-refractivity contribution in [2.24, 2.45) is 0 Å². The maximum atomic E-state index is 12.5. The Hall–Kier alpha value is -0.0800. The molecule has 0 amide bonds. The molecule has 1 aromatic rings. The van der Waals surface area contributed by atoms with Gasteiger partial charge >= 0.3 is 0 Å². The van der Waals surface area contributed by atoms with E-state index in [1.54, 1.807) is 6.07 Å². The summed E-state index contributed by atoms with van der Waals surface area (Å²) >= 11 is 3.35. The van der Waals surface area contributed by atoms with Crippen molar-refractivity contribution in [3.05, 3.63) is 16.3 Å². The summed E-state index contributed by atoms with van der Waals surface area (Å²) in [5.74, 6) is 2.03. The smallest absolute Gasteiger partial charge is 0.242 e. The number of hydrogen-bond acceptors (Lipinski definition) is 5. The minimum absolute atomic E-state index is 0.0860. The molecule has 2 aliphatic rings. The largest absolute Gasteiger partial charge is 0.309 e. The second-order valence-corrected chi connectivity index (χ2v) is 9.23. The highest BCUT2D eigenvalue weighted by Gasteiger charge is 2.26. The van der Waals surface area contributed by atoms with Crippen LogP contribution in [0, 0.1) is 0 Å². The van der Waals surface area contributed by atoms with Crippen LogP contribution in [0.1, 0.15) is 30.6 Å². The number of hydrogen-bond donors (Lipinski definition) is 2. The van der Waals surface area contributed by atoms with E-state index in [0.29, 0.717) is 17.5 Å². The van der Waals surface area contributed by atoms with Crippen LogP contribution in [0.15, 0.2) is 16.3 Å². The molecule has 0 aromatic carbocycles. The fraction of sp³-hybridized carbons (Fsp3) is 0.692. The molecule has 1 aromatic heterocycles. The van der Waals surface area contributed by atoms with E-state index in [9.17, 15) is 8.42 Å². The maximum Gasteiger partial charge on any atom is 0.242 e. The molecule has 1 aliphatic carbocycles. The fourth-order valence-electron chi connectivity index (χ4n) is 2.34. The van der Waals surface area contributed by atoms with Crippen LogP contribution in [0.4, 0.5) is 0 Å². The topological polar surface area (TPSA) is 58.2 Å². The molecule has 1 saturated carbocycles. The highest BCUT2D eigenvalue weighted by atomic mass is 32.2. The van der Waals surface area contributed by atoms with Crippen LogP contribution in [0.3, 0.4) is 0 Å². The molecule has 2 fully saturated rings. The maximum absolute atomic E-state index is 12.5. The van der Waals surface area contributed by atoms with Gasteiger partial charge in [0, 0.05) is 29.3 Å². The molecule has 1 unspecified atom stereocenters. The summed E-state index contributed by atoms with van der Waals surface area (Å²) in [5.41, 5.74) is 0. The standard InChI is InChI=1S/C13H20N2O2S3/c16-20(17,15-11-2-1-6-18-9-11)13-5-7-19-12(13)8-14-10-3-4-10/h5,7,10-11,14-15H,1-4,6,8-9H2. The van der Waals surface area contributed by atoms with Gasteiger partial charge in [0.25, 0.3) is 0 Å². The second-order valence-electron chi connectivity index (χ2n) is 5.40. The average Bonchev–Trinajstić information content (AvgIpc) is 3.13. The predicted octanol–water partition coefficient (Wildman–Crippen LogP) is 2.17. The molecule has 2 N–H and O–H groups in total. The summed E-state index contributed by atoms with van der Waals surface area (Å²) in [6.45, 7) is 0.665. The molecule has 1 saturated heterocycles. The number of sulfonamides is 1. The van der Waals surface area contributed by atoms with Crippen LogP contribution in [0.25, 0.3) is 0 Å². The Balaban J connectivity index is 1.67. The van der Waals surface area contributed by atoms with Gasteiger partial charge in [-0.1, -0.05) is 0 Å². The van der Waals surface area contributed by atoms with Gasteiger partial charge in [0.15, 0.2) is 0 Å². The second kappa shape index (κ2) is 6.36. The van der Waals surface area contributed by atoms with E-state index in [1.165, 1.54) is 24.2 Å². The van der Waals surface area contributed by atoms with E-state index < -0.39 is 10.0 Å². The lowest BCUT2D eigenvalue weighted by atomic mass is 10.2. The minimum atomic E-state index is -3.37. The zero-order chi connectivity index (χ0) is 14.0. The first-order valence-electron chi connectivity index (χ1n) is 7.05. The zero-order valence-electron chi connectivity index (χ0n) is 11.3. The molecule has 20 heavy (non-hydrogen) atoms. The van der Waals surface area contributed by atoms with Crippen LogP contribution in [0.2, 0.25) is 0 Å². The summed E-state index contributed by atoms with van der Waals surface area (Å²) in [7, 11) is -3.37. The van der Waals surface area contributed by atoms with E-state index in [0.717, 1.165) is 29.2 Å². The highest BCUT2D eigenvalue weighted by molar-refractivity contribution is 7.99. The molecule has 2 heterocycles. The first-order chi connectivity index (χ1) is 9.65. The van der Waals surface area contributed by atoms with Crippen LogP contribution >= 0.6 is 23.1 Å². The fourth-order valence-corrected chi connectivity index (χ4v) is 6.18. The molecule has 7 heteroatoms. The number of thioether (sulfide) groups is 1. The molecular weight excluding hydrogens is 312 g/mol. The van der Waals surface area contributed by atoms with Crippen molar-refractivity contribution in [3.63, 3.8) is 0 Å². The minimum Gasteiger partial charge on any atom is -0.309 e. The summed E-state index contributed by atoms with van der Waals surface area (Å²) in [6.07, 6.45) is 4.47. The predicted molar refractivity (Wildman–Crippen MR) is 84.8 cm³/mol. The Morgan fingerprint density at radius 2 is 2.10 bits per heavy atom. The third-order valence-corrected chi connectivity index (χ3v) is 7.48. The molecule has 3 rings (SSSR count). The van der Waals surface area contributed by atoms with Crippen molar-refractivity contribution in [1.82, 2.24) is 10.0 Å².